The van der Waals surface area contributed by atoms with Gasteiger partial charge in [0.2, 0.25) is 0 Å². The van der Waals surface area contributed by atoms with Crippen molar-refractivity contribution in [3.8, 4) is 5.75 Å². The molecule has 3 aliphatic heterocycles. The second-order valence-corrected chi connectivity index (χ2v) is 7.93. The van der Waals surface area contributed by atoms with Crippen LogP contribution in [0.25, 0.3) is 0 Å². The van der Waals surface area contributed by atoms with Crippen LogP contribution in [0.5, 0.6) is 5.75 Å². The van der Waals surface area contributed by atoms with Gasteiger partial charge in [0.25, 0.3) is 5.91 Å². The number of nitrogens with zero attached hydrogens (tertiary/aromatic N) is 1. The number of phenolic OH excluding ortho intramolecular Hbond substituents is 1. The number of benzene rings is 2. The fourth-order valence-corrected chi connectivity index (χ4v) is 4.57. The number of hydrogen-bond acceptors (Lipinski definition) is 4. The van der Waals surface area contributed by atoms with Gasteiger partial charge in [-0.05, 0) is 68.2 Å². The van der Waals surface area contributed by atoms with Gasteiger partial charge in [0.15, 0.2) is 0 Å². The first-order chi connectivity index (χ1) is 12.2. The van der Waals surface area contributed by atoms with Crippen molar-refractivity contribution in [1.82, 2.24) is 10.2 Å². The van der Waals surface area contributed by atoms with E-state index in [-0.39, 0.29) is 17.7 Å². The Morgan fingerprint density at radius 2 is 1.80 bits per heavy atom. The van der Waals surface area contributed by atoms with Gasteiger partial charge in [-0.1, -0.05) is 23.9 Å². The van der Waals surface area contributed by atoms with E-state index in [2.05, 4.69) is 10.2 Å². The third-order valence-electron chi connectivity index (χ3n) is 5.18. The molecule has 0 radical (unpaired) electrons. The van der Waals surface area contributed by atoms with Gasteiger partial charge in [-0.2, -0.15) is 0 Å². The van der Waals surface area contributed by atoms with Crippen molar-refractivity contribution in [2.45, 2.75) is 28.7 Å². The van der Waals surface area contributed by atoms with Crippen LogP contribution in [0.1, 0.15) is 23.2 Å². The van der Waals surface area contributed by atoms with Gasteiger partial charge >= 0.3 is 0 Å². The van der Waals surface area contributed by atoms with Gasteiger partial charge in [0.1, 0.15) is 5.75 Å². The molecular formula is C20H22N2O2S. The van der Waals surface area contributed by atoms with Crippen LogP contribution < -0.4 is 5.32 Å². The summed E-state index contributed by atoms with van der Waals surface area (Å²) in [6.45, 7) is 3.34. The Hall–Kier alpha value is -1.98. The molecule has 1 amide bonds. The second kappa shape index (κ2) is 7.10. The maximum atomic E-state index is 12.5. The summed E-state index contributed by atoms with van der Waals surface area (Å²) in [5.74, 6) is 0.916. The third kappa shape index (κ3) is 3.67. The first-order valence-electron chi connectivity index (χ1n) is 8.78. The lowest BCUT2D eigenvalue weighted by Gasteiger charge is -2.44. The molecule has 0 aliphatic carbocycles. The Bertz CT molecular complexity index is 755. The molecule has 0 unspecified atom stereocenters. The number of phenols is 1. The van der Waals surface area contributed by atoms with Crippen LogP contribution in [0.2, 0.25) is 0 Å². The lowest BCUT2D eigenvalue weighted by molar-refractivity contribution is 0.0620. The molecule has 3 aliphatic rings. The van der Waals surface area contributed by atoms with E-state index in [4.69, 9.17) is 0 Å². The molecule has 2 N–H and O–H groups in total. The molecule has 1 atom stereocenters. The Kier molecular flexibility index (Phi) is 4.68. The zero-order chi connectivity index (χ0) is 17.2. The number of piperidine rings is 3. The highest BCUT2D eigenvalue weighted by atomic mass is 32.2. The first-order valence-corrected chi connectivity index (χ1v) is 9.60. The summed E-state index contributed by atoms with van der Waals surface area (Å²) in [6.07, 6.45) is 2.39. The topological polar surface area (TPSA) is 52.6 Å². The van der Waals surface area contributed by atoms with E-state index in [1.54, 1.807) is 12.1 Å². The number of carbonyl (C=O) groups is 1. The SMILES string of the molecule is O=C(N[C@H]1CN2CCC1CC2)c1ccc(Sc2ccccc2O)cc1. The molecule has 0 aromatic heterocycles. The monoisotopic (exact) mass is 354 g/mol. The maximum Gasteiger partial charge on any atom is 0.251 e. The van der Waals surface area contributed by atoms with Crippen molar-refractivity contribution in [3.63, 3.8) is 0 Å². The lowest BCUT2D eigenvalue weighted by atomic mass is 9.84. The number of fused-ring (bicyclic) bond motifs is 3. The number of aromatic hydroxyl groups is 1. The second-order valence-electron chi connectivity index (χ2n) is 6.81. The van der Waals surface area contributed by atoms with E-state index in [1.807, 2.05) is 36.4 Å². The fourth-order valence-electron chi connectivity index (χ4n) is 3.73. The van der Waals surface area contributed by atoms with E-state index >= 15 is 0 Å². The number of nitrogens with one attached hydrogen (secondary N) is 1. The van der Waals surface area contributed by atoms with E-state index in [1.165, 1.54) is 37.7 Å². The highest BCUT2D eigenvalue weighted by Crippen LogP contribution is 2.34. The molecule has 5 rings (SSSR count). The minimum atomic E-state index is 0.0119. The molecular weight excluding hydrogens is 332 g/mol. The Labute approximate surface area is 152 Å². The fraction of sp³-hybridized carbons (Fsp3) is 0.350. The normalized spacial score (nSPS) is 24.9. The highest BCUT2D eigenvalue weighted by molar-refractivity contribution is 7.99. The van der Waals surface area contributed by atoms with E-state index < -0.39 is 0 Å². The number of carbonyl (C=O) groups excluding carboxylic acids is 1. The molecule has 3 fully saturated rings. The molecule has 5 heteroatoms. The van der Waals surface area contributed by atoms with Gasteiger partial charge < -0.3 is 15.3 Å². The van der Waals surface area contributed by atoms with Gasteiger partial charge in [0, 0.05) is 23.0 Å². The van der Waals surface area contributed by atoms with Crippen LogP contribution in [0.4, 0.5) is 0 Å². The zero-order valence-electron chi connectivity index (χ0n) is 14.0. The molecule has 4 nitrogen and oxygen atoms in total. The summed E-state index contributed by atoms with van der Waals surface area (Å²) in [5, 5.41) is 13.1. The average Bonchev–Trinajstić information content (AvgIpc) is 2.65. The minimum absolute atomic E-state index is 0.0119. The summed E-state index contributed by atoms with van der Waals surface area (Å²) < 4.78 is 0. The van der Waals surface area contributed by atoms with E-state index in [0.29, 0.717) is 11.5 Å². The van der Waals surface area contributed by atoms with Crippen LogP contribution in [-0.2, 0) is 0 Å². The molecule has 2 bridgehead atoms. The van der Waals surface area contributed by atoms with Gasteiger partial charge in [-0.25, -0.2) is 0 Å². The standard InChI is InChI=1S/C20H22N2O2S/c23-18-3-1-2-4-19(18)25-16-7-5-15(6-8-16)20(24)21-17-13-22-11-9-14(17)10-12-22/h1-8,14,17,23H,9-13H2,(H,21,24)/t17-/m0/s1. The summed E-state index contributed by atoms with van der Waals surface area (Å²) >= 11 is 1.49. The molecule has 2 aromatic rings. The van der Waals surface area contributed by atoms with Gasteiger partial charge in [-0.3, -0.25) is 4.79 Å². The quantitative estimate of drug-likeness (QED) is 0.884. The number of rotatable bonds is 4. The van der Waals surface area contributed by atoms with Crippen molar-refractivity contribution >= 4 is 17.7 Å². The molecule has 2 aromatic carbocycles. The number of amides is 1. The predicted octanol–water partition coefficient (Wildman–Crippen LogP) is 3.37. The van der Waals surface area contributed by atoms with Crippen molar-refractivity contribution < 1.29 is 9.90 Å². The van der Waals surface area contributed by atoms with Crippen LogP contribution in [-0.4, -0.2) is 41.6 Å². The largest absolute Gasteiger partial charge is 0.507 e. The van der Waals surface area contributed by atoms with Crippen LogP contribution in [0.15, 0.2) is 58.3 Å². The molecule has 130 valence electrons. The van der Waals surface area contributed by atoms with Crippen molar-refractivity contribution in [1.29, 1.82) is 0 Å². The predicted molar refractivity (Wildman–Crippen MR) is 99.1 cm³/mol. The molecule has 3 saturated heterocycles. The highest BCUT2D eigenvalue weighted by Gasteiger charge is 2.34. The molecule has 3 heterocycles. The summed E-state index contributed by atoms with van der Waals surface area (Å²) in [4.78, 5) is 16.8. The summed E-state index contributed by atoms with van der Waals surface area (Å²) in [7, 11) is 0. The Morgan fingerprint density at radius 3 is 2.44 bits per heavy atom. The van der Waals surface area contributed by atoms with E-state index in [9.17, 15) is 9.90 Å². The van der Waals surface area contributed by atoms with Crippen molar-refractivity contribution in [2.24, 2.45) is 5.92 Å². The van der Waals surface area contributed by atoms with Crippen LogP contribution >= 0.6 is 11.8 Å². The van der Waals surface area contributed by atoms with Crippen LogP contribution in [0, 0.1) is 5.92 Å². The first kappa shape index (κ1) is 16.5. The Morgan fingerprint density at radius 1 is 1.08 bits per heavy atom. The summed E-state index contributed by atoms with van der Waals surface area (Å²) in [5.41, 5.74) is 0.693. The smallest absolute Gasteiger partial charge is 0.251 e. The Balaban J connectivity index is 1.40. The van der Waals surface area contributed by atoms with Crippen molar-refractivity contribution in [3.05, 3.63) is 54.1 Å². The van der Waals surface area contributed by atoms with Crippen LogP contribution in [0.3, 0.4) is 0 Å². The molecule has 0 spiro atoms. The number of hydrogen-bond donors (Lipinski definition) is 2. The summed E-state index contributed by atoms with van der Waals surface area (Å²) in [6, 6.07) is 15.1. The maximum absolute atomic E-state index is 12.5. The average molecular weight is 354 g/mol. The van der Waals surface area contributed by atoms with E-state index in [0.717, 1.165) is 16.3 Å². The number of para-hydroxylation sites is 1. The van der Waals surface area contributed by atoms with Crippen molar-refractivity contribution in [2.75, 3.05) is 19.6 Å². The molecule has 25 heavy (non-hydrogen) atoms. The molecule has 0 saturated carbocycles. The lowest BCUT2D eigenvalue weighted by Crippen LogP contribution is -2.57. The van der Waals surface area contributed by atoms with Gasteiger partial charge in [-0.15, -0.1) is 0 Å². The zero-order valence-corrected chi connectivity index (χ0v) is 14.8. The van der Waals surface area contributed by atoms with Gasteiger partial charge in [0.05, 0.1) is 4.90 Å². The minimum Gasteiger partial charge on any atom is -0.507 e. The third-order valence-corrected chi connectivity index (χ3v) is 6.26.